The van der Waals surface area contributed by atoms with Gasteiger partial charge in [0.15, 0.2) is 0 Å². The summed E-state index contributed by atoms with van der Waals surface area (Å²) in [5, 5.41) is 8.76. The molecule has 0 aliphatic rings. The molecule has 3 N–H and O–H groups in total. The molecule has 1 amide bonds. The molecule has 0 atom stereocenters. The van der Waals surface area contributed by atoms with E-state index in [1.807, 2.05) is 0 Å². The number of amides is 1. The molecule has 0 radical (unpaired) electrons. The number of carboxylic acid groups (broad SMARTS) is 1. The highest BCUT2D eigenvalue weighted by Gasteiger charge is 2.13. The smallest absolute Gasteiger partial charge is 0.339 e. The van der Waals surface area contributed by atoms with Gasteiger partial charge in [-0.2, -0.15) is 0 Å². The molecule has 0 aromatic heterocycles. The Balaban J connectivity index is 3.12. The number of hydrogen-bond donors (Lipinski definition) is 2. The fourth-order valence-electron chi connectivity index (χ4n) is 1.07. The van der Waals surface area contributed by atoms with E-state index < -0.39 is 23.3 Å². The summed E-state index contributed by atoms with van der Waals surface area (Å²) in [5.74, 6) is 1.88. The van der Waals surface area contributed by atoms with Gasteiger partial charge >= 0.3 is 5.97 Å². The zero-order valence-corrected chi connectivity index (χ0v) is 8.16. The number of nitrogens with two attached hydrogens (primary N) is 1. The third-order valence-corrected chi connectivity index (χ3v) is 1.71. The molecular formula is C11H8FNO3. The van der Waals surface area contributed by atoms with E-state index >= 15 is 0 Å². The van der Waals surface area contributed by atoms with E-state index in [1.54, 1.807) is 0 Å². The Labute approximate surface area is 90.9 Å². The second kappa shape index (κ2) is 4.94. The van der Waals surface area contributed by atoms with Crippen LogP contribution in [0.5, 0.6) is 0 Å². The van der Waals surface area contributed by atoms with Crippen molar-refractivity contribution in [3.63, 3.8) is 0 Å². The number of primary amides is 1. The number of halogens is 1. The van der Waals surface area contributed by atoms with Crippen LogP contribution in [-0.4, -0.2) is 17.0 Å². The largest absolute Gasteiger partial charge is 0.478 e. The van der Waals surface area contributed by atoms with Crippen LogP contribution in [0.15, 0.2) is 18.2 Å². The summed E-state index contributed by atoms with van der Waals surface area (Å²) in [4.78, 5) is 21.1. The first kappa shape index (κ1) is 11.7. The Morgan fingerprint density at radius 1 is 1.44 bits per heavy atom. The number of benzene rings is 1. The SMILES string of the molecule is NC(=O)CC#Cc1cccc(F)c1C(=O)O. The number of carboxylic acids is 1. The van der Waals surface area contributed by atoms with Gasteiger partial charge in [0.05, 0.1) is 6.42 Å². The van der Waals surface area contributed by atoms with Crippen molar-refractivity contribution in [1.82, 2.24) is 0 Å². The normalized spacial score (nSPS) is 9.06. The molecule has 0 saturated carbocycles. The van der Waals surface area contributed by atoms with E-state index in [9.17, 15) is 14.0 Å². The molecule has 0 aliphatic carbocycles. The van der Waals surface area contributed by atoms with E-state index in [2.05, 4.69) is 11.8 Å². The first-order valence-corrected chi connectivity index (χ1v) is 4.31. The van der Waals surface area contributed by atoms with E-state index in [1.165, 1.54) is 12.1 Å². The van der Waals surface area contributed by atoms with Crippen molar-refractivity contribution in [2.45, 2.75) is 6.42 Å². The monoisotopic (exact) mass is 221 g/mol. The number of carbonyl (C=O) groups excluding carboxylic acids is 1. The van der Waals surface area contributed by atoms with Crippen molar-refractivity contribution >= 4 is 11.9 Å². The molecule has 0 spiro atoms. The maximum Gasteiger partial charge on any atom is 0.339 e. The minimum atomic E-state index is -1.40. The summed E-state index contributed by atoms with van der Waals surface area (Å²) in [7, 11) is 0. The summed E-state index contributed by atoms with van der Waals surface area (Å²) < 4.78 is 13.1. The molecule has 1 aromatic carbocycles. The zero-order valence-electron chi connectivity index (χ0n) is 8.16. The first-order valence-electron chi connectivity index (χ1n) is 4.31. The second-order valence-electron chi connectivity index (χ2n) is 2.91. The van der Waals surface area contributed by atoms with Crippen molar-refractivity contribution in [3.8, 4) is 11.8 Å². The van der Waals surface area contributed by atoms with Crippen LogP contribution in [0.25, 0.3) is 0 Å². The van der Waals surface area contributed by atoms with Crippen LogP contribution in [0.2, 0.25) is 0 Å². The van der Waals surface area contributed by atoms with Crippen molar-refractivity contribution in [1.29, 1.82) is 0 Å². The highest BCUT2D eigenvalue weighted by Crippen LogP contribution is 2.12. The van der Waals surface area contributed by atoms with Crippen LogP contribution in [0.1, 0.15) is 22.3 Å². The van der Waals surface area contributed by atoms with Crippen LogP contribution in [0.4, 0.5) is 4.39 Å². The molecule has 4 nitrogen and oxygen atoms in total. The van der Waals surface area contributed by atoms with Gasteiger partial charge in [-0.3, -0.25) is 4.79 Å². The van der Waals surface area contributed by atoms with Gasteiger partial charge in [-0.15, -0.1) is 0 Å². The van der Waals surface area contributed by atoms with Crippen molar-refractivity contribution in [2.24, 2.45) is 5.73 Å². The summed E-state index contributed by atoms with van der Waals surface area (Å²) >= 11 is 0. The Morgan fingerprint density at radius 2 is 2.12 bits per heavy atom. The third-order valence-electron chi connectivity index (χ3n) is 1.71. The van der Waals surface area contributed by atoms with E-state index in [0.29, 0.717) is 0 Å². The average molecular weight is 221 g/mol. The zero-order chi connectivity index (χ0) is 12.1. The lowest BCUT2D eigenvalue weighted by atomic mass is 10.1. The van der Waals surface area contributed by atoms with Crippen molar-refractivity contribution in [3.05, 3.63) is 35.1 Å². The minimum absolute atomic E-state index is 0.0220. The van der Waals surface area contributed by atoms with E-state index in [-0.39, 0.29) is 12.0 Å². The van der Waals surface area contributed by atoms with E-state index in [0.717, 1.165) is 6.07 Å². The predicted molar refractivity (Wildman–Crippen MR) is 54.0 cm³/mol. The standard InChI is InChI=1S/C11H8FNO3/c12-8-5-1-3-7(10(8)11(15)16)4-2-6-9(13)14/h1,3,5H,6H2,(H2,13,14)(H,15,16). The maximum atomic E-state index is 13.1. The predicted octanol–water partition coefficient (Wildman–Crippen LogP) is 0.751. The fraction of sp³-hybridized carbons (Fsp3) is 0.0909. The van der Waals surface area contributed by atoms with Gasteiger partial charge in [-0.1, -0.05) is 17.9 Å². The fourth-order valence-corrected chi connectivity index (χ4v) is 1.07. The van der Waals surface area contributed by atoms with Gasteiger partial charge in [0.1, 0.15) is 11.4 Å². The van der Waals surface area contributed by atoms with Crippen LogP contribution >= 0.6 is 0 Å². The number of aromatic carboxylic acids is 1. The van der Waals surface area contributed by atoms with Gasteiger partial charge < -0.3 is 10.8 Å². The molecule has 1 rings (SSSR count). The molecule has 0 aliphatic heterocycles. The van der Waals surface area contributed by atoms with Crippen LogP contribution in [-0.2, 0) is 4.79 Å². The number of carbonyl (C=O) groups is 2. The van der Waals surface area contributed by atoms with Gasteiger partial charge in [-0.25, -0.2) is 9.18 Å². The molecule has 1 aromatic rings. The molecule has 0 bridgehead atoms. The van der Waals surface area contributed by atoms with Crippen LogP contribution in [0, 0.1) is 17.7 Å². The Bertz CT molecular complexity index is 500. The lowest BCUT2D eigenvalue weighted by molar-refractivity contribution is -0.117. The summed E-state index contributed by atoms with van der Waals surface area (Å²) in [6, 6.07) is 3.74. The molecular weight excluding hydrogens is 213 g/mol. The lowest BCUT2D eigenvalue weighted by Gasteiger charge is -1.99. The molecule has 0 fully saturated rings. The summed E-state index contributed by atoms with van der Waals surface area (Å²) in [5.41, 5.74) is 4.37. The van der Waals surface area contributed by atoms with Gasteiger partial charge in [0, 0.05) is 5.56 Å². The highest BCUT2D eigenvalue weighted by molar-refractivity contribution is 5.91. The van der Waals surface area contributed by atoms with E-state index in [4.69, 9.17) is 10.8 Å². The molecule has 0 unspecified atom stereocenters. The summed E-state index contributed by atoms with van der Waals surface area (Å²) in [6.45, 7) is 0. The Kier molecular flexibility index (Phi) is 3.62. The topological polar surface area (TPSA) is 80.4 Å². The number of hydrogen-bond acceptors (Lipinski definition) is 2. The Hall–Kier alpha value is -2.35. The Morgan fingerprint density at radius 3 is 2.69 bits per heavy atom. The molecule has 82 valence electrons. The molecule has 0 heterocycles. The molecule has 5 heteroatoms. The quantitative estimate of drug-likeness (QED) is 0.723. The second-order valence-corrected chi connectivity index (χ2v) is 2.91. The first-order chi connectivity index (χ1) is 7.52. The van der Waals surface area contributed by atoms with Crippen molar-refractivity contribution in [2.75, 3.05) is 0 Å². The highest BCUT2D eigenvalue weighted by atomic mass is 19.1. The summed E-state index contributed by atoms with van der Waals surface area (Å²) in [6.07, 6.45) is -0.199. The van der Waals surface area contributed by atoms with Crippen LogP contribution in [0.3, 0.4) is 0 Å². The maximum absolute atomic E-state index is 13.1. The molecule has 0 saturated heterocycles. The molecule has 16 heavy (non-hydrogen) atoms. The average Bonchev–Trinajstić information content (AvgIpc) is 2.16. The van der Waals surface area contributed by atoms with Gasteiger partial charge in [0.2, 0.25) is 5.91 Å². The van der Waals surface area contributed by atoms with Gasteiger partial charge in [0.25, 0.3) is 0 Å². The number of rotatable bonds is 2. The van der Waals surface area contributed by atoms with Gasteiger partial charge in [-0.05, 0) is 12.1 Å². The van der Waals surface area contributed by atoms with Crippen molar-refractivity contribution < 1.29 is 19.1 Å². The minimum Gasteiger partial charge on any atom is -0.478 e. The third kappa shape index (κ3) is 2.82. The van der Waals surface area contributed by atoms with Crippen LogP contribution < -0.4 is 5.73 Å². The lowest BCUT2D eigenvalue weighted by Crippen LogP contribution is -2.08.